The second-order valence-electron chi connectivity index (χ2n) is 4.65. The molecule has 1 aromatic carbocycles. The van der Waals surface area contributed by atoms with E-state index in [1.54, 1.807) is 24.4 Å². The number of hydrogen-bond acceptors (Lipinski definition) is 5. The highest BCUT2D eigenvalue weighted by molar-refractivity contribution is 7.95. The summed E-state index contributed by atoms with van der Waals surface area (Å²) >= 11 is 0. The van der Waals surface area contributed by atoms with Crippen LogP contribution >= 0.6 is 0 Å². The van der Waals surface area contributed by atoms with Gasteiger partial charge in [0.1, 0.15) is 12.4 Å². The van der Waals surface area contributed by atoms with Crippen LogP contribution in [-0.4, -0.2) is 31.1 Å². The van der Waals surface area contributed by atoms with Gasteiger partial charge in [-0.15, -0.1) is 0 Å². The molecule has 1 aromatic heterocycles. The number of ether oxygens (including phenoxy) is 1. The van der Waals surface area contributed by atoms with Gasteiger partial charge in [-0.3, -0.25) is 4.98 Å². The minimum Gasteiger partial charge on any atom is -0.487 e. The molecule has 0 aliphatic carbocycles. The van der Waals surface area contributed by atoms with Gasteiger partial charge in [-0.05, 0) is 18.2 Å². The summed E-state index contributed by atoms with van der Waals surface area (Å²) in [6, 6.07) is 7.76. The molecular weight excluding hydrogens is 306 g/mol. The van der Waals surface area contributed by atoms with Crippen LogP contribution in [0.1, 0.15) is 15.9 Å². The molecule has 1 aliphatic rings. The van der Waals surface area contributed by atoms with Crippen molar-refractivity contribution in [2.24, 2.45) is 0 Å². The molecule has 1 aliphatic heterocycles. The van der Waals surface area contributed by atoms with E-state index in [-0.39, 0.29) is 17.1 Å². The van der Waals surface area contributed by atoms with Gasteiger partial charge in [-0.25, -0.2) is 13.2 Å². The second-order valence-corrected chi connectivity index (χ2v) is 6.39. The predicted octanol–water partition coefficient (Wildman–Crippen LogP) is 1.99. The molecule has 7 heteroatoms. The minimum absolute atomic E-state index is 0.0149. The van der Waals surface area contributed by atoms with Crippen molar-refractivity contribution < 1.29 is 23.1 Å². The molecule has 0 atom stereocenters. The second kappa shape index (κ2) is 5.27. The van der Waals surface area contributed by atoms with Crippen LogP contribution in [0.4, 0.5) is 0 Å². The quantitative estimate of drug-likeness (QED) is 0.927. The van der Waals surface area contributed by atoms with Gasteiger partial charge in [0.25, 0.3) is 0 Å². The largest absolute Gasteiger partial charge is 0.487 e. The molecule has 2 heterocycles. The number of aromatic carboxylic acids is 1. The van der Waals surface area contributed by atoms with Crippen molar-refractivity contribution in [1.29, 1.82) is 0 Å². The Morgan fingerprint density at radius 1 is 1.23 bits per heavy atom. The summed E-state index contributed by atoms with van der Waals surface area (Å²) in [7, 11) is -3.77. The third-order valence-electron chi connectivity index (χ3n) is 3.20. The van der Waals surface area contributed by atoms with Crippen molar-refractivity contribution in [1.82, 2.24) is 4.98 Å². The number of carbonyl (C=O) groups is 1. The van der Waals surface area contributed by atoms with E-state index < -0.39 is 15.8 Å². The first kappa shape index (κ1) is 14.3. The summed E-state index contributed by atoms with van der Waals surface area (Å²) in [4.78, 5) is 14.9. The lowest BCUT2D eigenvalue weighted by molar-refractivity contribution is 0.0692. The topological polar surface area (TPSA) is 93.6 Å². The summed E-state index contributed by atoms with van der Waals surface area (Å²) < 4.78 is 29.9. The highest BCUT2D eigenvalue weighted by Gasteiger charge is 2.32. The lowest BCUT2D eigenvalue weighted by atomic mass is 10.1. The van der Waals surface area contributed by atoms with Crippen LogP contribution < -0.4 is 4.74 Å². The third-order valence-corrected chi connectivity index (χ3v) is 4.81. The minimum atomic E-state index is -3.77. The monoisotopic (exact) mass is 317 g/mol. The number of carboxylic acid groups (broad SMARTS) is 1. The number of rotatable bonds is 4. The maximum Gasteiger partial charge on any atom is 0.337 e. The molecule has 1 N–H and O–H groups in total. The number of pyridine rings is 1. The zero-order chi connectivity index (χ0) is 15.7. The summed E-state index contributed by atoms with van der Waals surface area (Å²) in [5, 5.41) is 10.2. The molecule has 2 aromatic rings. The summed E-state index contributed by atoms with van der Waals surface area (Å²) in [5.41, 5.74) is 0.552. The first-order valence-electron chi connectivity index (χ1n) is 6.34. The van der Waals surface area contributed by atoms with Crippen molar-refractivity contribution in [3.8, 4) is 5.75 Å². The van der Waals surface area contributed by atoms with E-state index in [0.717, 1.165) is 5.41 Å². The highest BCUT2D eigenvalue weighted by Crippen LogP contribution is 2.36. The normalized spacial score (nSPS) is 15.0. The molecular formula is C15H11NO5S. The van der Waals surface area contributed by atoms with Crippen LogP contribution in [0.3, 0.4) is 0 Å². The number of benzene rings is 1. The van der Waals surface area contributed by atoms with Gasteiger partial charge in [-0.2, -0.15) is 0 Å². The van der Waals surface area contributed by atoms with Crippen LogP contribution in [0.15, 0.2) is 53.0 Å². The van der Waals surface area contributed by atoms with Crippen LogP contribution in [-0.2, 0) is 9.84 Å². The average Bonchev–Trinajstić information content (AvgIpc) is 2.77. The smallest absolute Gasteiger partial charge is 0.337 e. The Bertz CT molecular complexity index is 872. The molecule has 0 saturated heterocycles. The molecule has 0 radical (unpaired) electrons. The van der Waals surface area contributed by atoms with Gasteiger partial charge in [-0.1, -0.05) is 12.1 Å². The van der Waals surface area contributed by atoms with Gasteiger partial charge in [0.05, 0.1) is 16.7 Å². The van der Waals surface area contributed by atoms with Gasteiger partial charge < -0.3 is 9.84 Å². The predicted molar refractivity (Wildman–Crippen MR) is 78.3 cm³/mol. The van der Waals surface area contributed by atoms with E-state index in [1.807, 2.05) is 0 Å². The highest BCUT2D eigenvalue weighted by atomic mass is 32.2. The standard InChI is InChI=1S/C15H11NO5S/c17-15(18)13-5-1-4-12-10(9-22(19,20)14(12)13)8-21-11-3-2-6-16-7-11/h1-7,9H,8H2,(H,17,18). The van der Waals surface area contributed by atoms with E-state index in [0.29, 0.717) is 16.9 Å². The lowest BCUT2D eigenvalue weighted by Gasteiger charge is -2.08. The molecule has 3 rings (SSSR count). The van der Waals surface area contributed by atoms with E-state index in [4.69, 9.17) is 9.84 Å². The fourth-order valence-corrected chi connectivity index (χ4v) is 3.93. The Balaban J connectivity index is 1.97. The molecule has 112 valence electrons. The van der Waals surface area contributed by atoms with Crippen molar-refractivity contribution in [2.75, 3.05) is 6.61 Å². The Kier molecular flexibility index (Phi) is 3.42. The lowest BCUT2D eigenvalue weighted by Crippen LogP contribution is -2.06. The molecule has 6 nitrogen and oxygen atoms in total. The van der Waals surface area contributed by atoms with Crippen LogP contribution in [0.2, 0.25) is 0 Å². The maximum atomic E-state index is 12.2. The van der Waals surface area contributed by atoms with E-state index in [2.05, 4.69) is 4.98 Å². The zero-order valence-electron chi connectivity index (χ0n) is 11.3. The Morgan fingerprint density at radius 2 is 2.05 bits per heavy atom. The Labute approximate surface area is 126 Å². The van der Waals surface area contributed by atoms with Gasteiger partial charge in [0.15, 0.2) is 0 Å². The fraction of sp³-hybridized carbons (Fsp3) is 0.0667. The van der Waals surface area contributed by atoms with Crippen LogP contribution in [0.25, 0.3) is 5.57 Å². The number of fused-ring (bicyclic) bond motifs is 1. The third kappa shape index (κ3) is 2.46. The first-order valence-corrected chi connectivity index (χ1v) is 7.89. The fourth-order valence-electron chi connectivity index (χ4n) is 2.28. The molecule has 0 unspecified atom stereocenters. The van der Waals surface area contributed by atoms with Crippen molar-refractivity contribution in [3.63, 3.8) is 0 Å². The Hall–Kier alpha value is -2.67. The molecule has 0 amide bonds. The van der Waals surface area contributed by atoms with Gasteiger partial charge >= 0.3 is 5.97 Å². The molecule has 22 heavy (non-hydrogen) atoms. The molecule has 0 saturated carbocycles. The molecule has 0 fully saturated rings. The zero-order valence-corrected chi connectivity index (χ0v) is 12.1. The van der Waals surface area contributed by atoms with Crippen molar-refractivity contribution in [3.05, 3.63) is 59.3 Å². The SMILES string of the molecule is O=C(O)c1cccc2c1S(=O)(=O)C=C2COc1cccnc1. The number of nitrogens with zero attached hydrogens (tertiary/aromatic N) is 1. The summed E-state index contributed by atoms with van der Waals surface area (Å²) in [6.07, 6.45) is 3.11. The van der Waals surface area contributed by atoms with E-state index >= 15 is 0 Å². The van der Waals surface area contributed by atoms with Gasteiger partial charge in [0, 0.05) is 22.7 Å². The average molecular weight is 317 g/mol. The number of aromatic nitrogens is 1. The van der Waals surface area contributed by atoms with E-state index in [9.17, 15) is 13.2 Å². The van der Waals surface area contributed by atoms with Crippen molar-refractivity contribution in [2.45, 2.75) is 4.90 Å². The number of carboxylic acids is 1. The number of sulfone groups is 1. The Morgan fingerprint density at radius 3 is 2.73 bits per heavy atom. The first-order chi connectivity index (χ1) is 10.5. The molecule has 0 bridgehead atoms. The van der Waals surface area contributed by atoms with Crippen LogP contribution in [0.5, 0.6) is 5.75 Å². The van der Waals surface area contributed by atoms with Crippen LogP contribution in [0, 0.1) is 0 Å². The molecule has 0 spiro atoms. The van der Waals surface area contributed by atoms with Gasteiger partial charge in [0.2, 0.25) is 9.84 Å². The summed E-state index contributed by atoms with van der Waals surface area (Å²) in [6.45, 7) is 0.0149. The maximum absolute atomic E-state index is 12.2. The summed E-state index contributed by atoms with van der Waals surface area (Å²) in [5.74, 6) is -0.771. The van der Waals surface area contributed by atoms with Crippen molar-refractivity contribution >= 4 is 21.4 Å². The van der Waals surface area contributed by atoms with E-state index in [1.165, 1.54) is 18.3 Å². The number of hydrogen-bond donors (Lipinski definition) is 1.